The highest BCUT2D eigenvalue weighted by atomic mass is 32.1. The molecule has 0 spiro atoms. The van der Waals surface area contributed by atoms with E-state index in [-0.39, 0.29) is 6.04 Å². The van der Waals surface area contributed by atoms with Crippen LogP contribution in [0.1, 0.15) is 30.8 Å². The summed E-state index contributed by atoms with van der Waals surface area (Å²) in [5.41, 5.74) is 3.72. The van der Waals surface area contributed by atoms with Gasteiger partial charge in [0.05, 0.1) is 24.4 Å². The molecule has 0 aliphatic carbocycles. The zero-order valence-corrected chi connectivity index (χ0v) is 11.4. The van der Waals surface area contributed by atoms with Crippen molar-refractivity contribution >= 4 is 11.3 Å². The Hall–Kier alpha value is -1.46. The number of methoxy groups -OCH3 is 1. The zero-order chi connectivity index (χ0) is 12.8. The van der Waals surface area contributed by atoms with Crippen LogP contribution >= 0.6 is 11.3 Å². The maximum atomic E-state index is 5.38. The third kappa shape index (κ3) is 2.86. The molecule has 2 heterocycles. The number of pyridine rings is 1. The van der Waals surface area contributed by atoms with E-state index in [1.165, 1.54) is 0 Å². The number of ether oxygens (including phenoxy) is 1. The molecular formula is C13H17N3OS. The van der Waals surface area contributed by atoms with Crippen LogP contribution in [0, 0.1) is 0 Å². The van der Waals surface area contributed by atoms with Gasteiger partial charge >= 0.3 is 0 Å². The van der Waals surface area contributed by atoms with Crippen molar-refractivity contribution in [2.24, 2.45) is 0 Å². The summed E-state index contributed by atoms with van der Waals surface area (Å²) in [7, 11) is 1.67. The first kappa shape index (κ1) is 13.0. The zero-order valence-electron chi connectivity index (χ0n) is 10.6. The summed E-state index contributed by atoms with van der Waals surface area (Å²) in [6.45, 7) is 3.06. The number of thiazole rings is 1. The molecule has 0 radical (unpaired) electrons. The quantitative estimate of drug-likeness (QED) is 0.870. The van der Waals surface area contributed by atoms with Crippen molar-refractivity contribution in [3.63, 3.8) is 0 Å². The largest absolute Gasteiger partial charge is 0.495 e. The normalized spacial score (nSPS) is 12.3. The van der Waals surface area contributed by atoms with Crippen LogP contribution in [-0.2, 0) is 0 Å². The van der Waals surface area contributed by atoms with Gasteiger partial charge in [-0.15, -0.1) is 11.3 Å². The number of hydrogen-bond donors (Lipinski definition) is 1. The monoisotopic (exact) mass is 263 g/mol. The van der Waals surface area contributed by atoms with Crippen molar-refractivity contribution < 1.29 is 4.74 Å². The molecule has 1 atom stereocenters. The highest BCUT2D eigenvalue weighted by molar-refractivity contribution is 7.07. The summed E-state index contributed by atoms with van der Waals surface area (Å²) in [5, 5.41) is 5.51. The predicted molar refractivity (Wildman–Crippen MR) is 73.0 cm³/mol. The minimum absolute atomic E-state index is 0.00708. The number of rotatable bonds is 6. The second-order valence-electron chi connectivity index (χ2n) is 3.89. The van der Waals surface area contributed by atoms with E-state index in [0.717, 1.165) is 30.1 Å². The topological polar surface area (TPSA) is 47.0 Å². The smallest absolute Gasteiger partial charge is 0.142 e. The summed E-state index contributed by atoms with van der Waals surface area (Å²) in [6, 6.07) is 3.79. The van der Waals surface area contributed by atoms with Crippen molar-refractivity contribution in [1.82, 2.24) is 15.3 Å². The Morgan fingerprint density at radius 3 is 3.00 bits per heavy atom. The minimum Gasteiger partial charge on any atom is -0.495 e. The molecule has 0 bridgehead atoms. The molecule has 18 heavy (non-hydrogen) atoms. The van der Waals surface area contributed by atoms with Crippen LogP contribution in [0.15, 0.2) is 29.2 Å². The lowest BCUT2D eigenvalue weighted by atomic mass is 10.1. The van der Waals surface area contributed by atoms with Gasteiger partial charge in [0.15, 0.2) is 0 Å². The maximum Gasteiger partial charge on any atom is 0.142 e. The van der Waals surface area contributed by atoms with Crippen LogP contribution in [0.2, 0.25) is 0 Å². The van der Waals surface area contributed by atoms with Crippen LogP contribution in [0.5, 0.6) is 5.75 Å². The molecule has 0 saturated heterocycles. The van der Waals surface area contributed by atoms with E-state index in [9.17, 15) is 0 Å². The summed E-state index contributed by atoms with van der Waals surface area (Å²) in [5.74, 6) is 0.791. The molecule has 5 heteroatoms. The number of hydrogen-bond acceptors (Lipinski definition) is 5. The van der Waals surface area contributed by atoms with Gasteiger partial charge in [-0.25, -0.2) is 4.98 Å². The van der Waals surface area contributed by atoms with Gasteiger partial charge in [0.25, 0.3) is 0 Å². The molecule has 2 aromatic rings. The van der Waals surface area contributed by atoms with Gasteiger partial charge in [-0.1, -0.05) is 6.92 Å². The van der Waals surface area contributed by atoms with Gasteiger partial charge in [0, 0.05) is 11.6 Å². The minimum atomic E-state index is -0.00708. The SMILES string of the molecule is CCCNC(c1cscn1)c1ncccc1OC. The van der Waals surface area contributed by atoms with Gasteiger partial charge in [-0.2, -0.15) is 0 Å². The first-order valence-electron chi connectivity index (χ1n) is 5.97. The Kier molecular flexibility index (Phi) is 4.66. The first-order chi connectivity index (χ1) is 8.86. The Bertz CT molecular complexity index is 473. The van der Waals surface area contributed by atoms with Crippen LogP contribution < -0.4 is 10.1 Å². The van der Waals surface area contributed by atoms with Gasteiger partial charge in [-0.05, 0) is 25.1 Å². The number of aromatic nitrogens is 2. The van der Waals surface area contributed by atoms with Crippen molar-refractivity contribution in [3.05, 3.63) is 40.6 Å². The highest BCUT2D eigenvalue weighted by Gasteiger charge is 2.20. The average Bonchev–Trinajstić information content (AvgIpc) is 2.94. The first-order valence-corrected chi connectivity index (χ1v) is 6.91. The van der Waals surface area contributed by atoms with Crippen LogP contribution in [-0.4, -0.2) is 23.6 Å². The van der Waals surface area contributed by atoms with Gasteiger partial charge in [0.1, 0.15) is 11.4 Å². The molecule has 0 aliphatic heterocycles. The van der Waals surface area contributed by atoms with E-state index in [0.29, 0.717) is 0 Å². The Morgan fingerprint density at radius 1 is 1.44 bits per heavy atom. The number of nitrogens with one attached hydrogen (secondary N) is 1. The Morgan fingerprint density at radius 2 is 2.33 bits per heavy atom. The van der Waals surface area contributed by atoms with Gasteiger partial charge in [0.2, 0.25) is 0 Å². The fourth-order valence-corrected chi connectivity index (χ4v) is 2.37. The molecule has 0 fully saturated rings. The molecule has 4 nitrogen and oxygen atoms in total. The lowest BCUT2D eigenvalue weighted by Crippen LogP contribution is -2.24. The average molecular weight is 263 g/mol. The molecule has 1 N–H and O–H groups in total. The van der Waals surface area contributed by atoms with Crippen LogP contribution in [0.3, 0.4) is 0 Å². The summed E-state index contributed by atoms with van der Waals surface area (Å²) in [6.07, 6.45) is 2.85. The van der Waals surface area contributed by atoms with Crippen molar-refractivity contribution in [2.75, 3.05) is 13.7 Å². The molecular weight excluding hydrogens is 246 g/mol. The van der Waals surface area contributed by atoms with Crippen LogP contribution in [0.4, 0.5) is 0 Å². The second kappa shape index (κ2) is 6.47. The lowest BCUT2D eigenvalue weighted by Gasteiger charge is -2.18. The maximum absolute atomic E-state index is 5.38. The van der Waals surface area contributed by atoms with E-state index < -0.39 is 0 Å². The van der Waals surface area contributed by atoms with E-state index in [1.807, 2.05) is 23.0 Å². The van der Waals surface area contributed by atoms with Crippen molar-refractivity contribution in [2.45, 2.75) is 19.4 Å². The van der Waals surface area contributed by atoms with E-state index >= 15 is 0 Å². The van der Waals surface area contributed by atoms with Gasteiger partial charge in [-0.3, -0.25) is 4.98 Å². The highest BCUT2D eigenvalue weighted by Crippen LogP contribution is 2.27. The molecule has 1 unspecified atom stereocenters. The molecule has 0 amide bonds. The molecule has 96 valence electrons. The molecule has 2 rings (SSSR count). The van der Waals surface area contributed by atoms with Crippen LogP contribution in [0.25, 0.3) is 0 Å². The third-order valence-electron chi connectivity index (χ3n) is 2.64. The number of nitrogens with zero attached hydrogens (tertiary/aromatic N) is 2. The molecule has 0 aliphatic rings. The van der Waals surface area contributed by atoms with Gasteiger partial charge < -0.3 is 10.1 Å². The molecule has 2 aromatic heterocycles. The fraction of sp³-hybridized carbons (Fsp3) is 0.385. The Labute approximate surface area is 111 Å². The summed E-state index contributed by atoms with van der Waals surface area (Å²) >= 11 is 1.59. The molecule has 0 saturated carbocycles. The van der Waals surface area contributed by atoms with E-state index in [1.54, 1.807) is 24.6 Å². The van der Waals surface area contributed by atoms with Crippen molar-refractivity contribution in [1.29, 1.82) is 0 Å². The second-order valence-corrected chi connectivity index (χ2v) is 4.61. The Balaban J connectivity index is 2.33. The predicted octanol–water partition coefficient (Wildman–Crippen LogP) is 2.64. The third-order valence-corrected chi connectivity index (χ3v) is 3.24. The van der Waals surface area contributed by atoms with E-state index in [4.69, 9.17) is 4.74 Å². The standard InChI is InChI=1S/C13H17N3OS/c1-3-6-14-12(10-8-18-9-16-10)13-11(17-2)5-4-7-15-13/h4-5,7-9,12,14H,3,6H2,1-2H3. The fourth-order valence-electron chi connectivity index (χ4n) is 1.79. The lowest BCUT2D eigenvalue weighted by molar-refractivity contribution is 0.399. The van der Waals surface area contributed by atoms with E-state index in [2.05, 4.69) is 22.2 Å². The summed E-state index contributed by atoms with van der Waals surface area (Å²) < 4.78 is 5.38. The molecule has 0 aromatic carbocycles. The summed E-state index contributed by atoms with van der Waals surface area (Å²) in [4.78, 5) is 8.82. The van der Waals surface area contributed by atoms with Crippen molar-refractivity contribution in [3.8, 4) is 5.75 Å².